The van der Waals surface area contributed by atoms with Gasteiger partial charge in [0.15, 0.2) is 0 Å². The molecule has 148 valence electrons. The highest BCUT2D eigenvalue weighted by atomic mass is 35.5. The van der Waals surface area contributed by atoms with Gasteiger partial charge in [-0.05, 0) is 19.4 Å². The number of hydrogen-bond donors (Lipinski definition) is 2. The van der Waals surface area contributed by atoms with Crippen LogP contribution < -0.4 is 16.0 Å². The van der Waals surface area contributed by atoms with E-state index in [1.54, 1.807) is 18.5 Å². The van der Waals surface area contributed by atoms with E-state index in [9.17, 15) is 9.59 Å². The van der Waals surface area contributed by atoms with Gasteiger partial charge in [0.05, 0.1) is 0 Å². The fraction of sp³-hybridized carbons (Fsp3) is 0.625. The topological polar surface area (TPSA) is 104 Å². The minimum absolute atomic E-state index is 0. The fourth-order valence-corrected chi connectivity index (χ4v) is 2.52. The van der Waals surface area contributed by atoms with E-state index in [4.69, 9.17) is 5.73 Å². The van der Waals surface area contributed by atoms with Crippen LogP contribution >= 0.6 is 24.8 Å². The van der Waals surface area contributed by atoms with Gasteiger partial charge in [-0.2, -0.15) is 0 Å². The number of carbonyl (C=O) groups is 2. The van der Waals surface area contributed by atoms with Gasteiger partial charge in [0, 0.05) is 64.0 Å². The number of carbonyl (C=O) groups excluding carboxylic acids is 2. The molecule has 1 aliphatic heterocycles. The molecule has 0 radical (unpaired) electrons. The molecule has 1 aromatic heterocycles. The van der Waals surface area contributed by atoms with Gasteiger partial charge in [-0.3, -0.25) is 9.59 Å². The highest BCUT2D eigenvalue weighted by Gasteiger charge is 2.22. The van der Waals surface area contributed by atoms with Gasteiger partial charge in [0.1, 0.15) is 0 Å². The molecule has 26 heavy (non-hydrogen) atoms. The lowest BCUT2D eigenvalue weighted by Crippen LogP contribution is -2.49. The Hall–Kier alpha value is -1.64. The van der Waals surface area contributed by atoms with Crippen molar-refractivity contribution in [3.05, 3.63) is 18.5 Å². The van der Waals surface area contributed by atoms with E-state index >= 15 is 0 Å². The third-order valence-electron chi connectivity index (χ3n) is 3.96. The van der Waals surface area contributed by atoms with Crippen molar-refractivity contribution in [1.82, 2.24) is 20.2 Å². The van der Waals surface area contributed by atoms with E-state index in [1.807, 2.05) is 11.8 Å². The molecule has 3 N–H and O–H groups in total. The molecule has 1 fully saturated rings. The number of nitrogens with two attached hydrogens (primary N) is 1. The number of anilines is 1. The van der Waals surface area contributed by atoms with Crippen molar-refractivity contribution in [3.63, 3.8) is 0 Å². The molecule has 2 heterocycles. The lowest BCUT2D eigenvalue weighted by Gasteiger charge is -2.34. The Morgan fingerprint density at radius 2 is 1.77 bits per heavy atom. The number of nitrogens with one attached hydrogen (secondary N) is 1. The van der Waals surface area contributed by atoms with Crippen LogP contribution in [0.25, 0.3) is 0 Å². The monoisotopic (exact) mass is 406 g/mol. The van der Waals surface area contributed by atoms with Gasteiger partial charge in [0.2, 0.25) is 17.8 Å². The number of rotatable bonds is 7. The molecule has 1 atom stereocenters. The van der Waals surface area contributed by atoms with Crippen LogP contribution in [0.3, 0.4) is 0 Å². The molecule has 0 aromatic carbocycles. The van der Waals surface area contributed by atoms with E-state index < -0.39 is 0 Å². The van der Waals surface area contributed by atoms with E-state index in [0.29, 0.717) is 44.8 Å². The summed E-state index contributed by atoms with van der Waals surface area (Å²) in [7, 11) is 0. The minimum Gasteiger partial charge on any atom is -0.356 e. The summed E-state index contributed by atoms with van der Waals surface area (Å²) in [5.41, 5.74) is 5.61. The first-order valence-corrected chi connectivity index (χ1v) is 8.38. The van der Waals surface area contributed by atoms with Crippen molar-refractivity contribution in [2.45, 2.75) is 32.2 Å². The molecule has 0 bridgehead atoms. The van der Waals surface area contributed by atoms with Crippen LogP contribution in [0.15, 0.2) is 18.5 Å². The molecule has 0 aliphatic carbocycles. The summed E-state index contributed by atoms with van der Waals surface area (Å²) in [4.78, 5) is 36.1. The normalized spacial score (nSPS) is 14.7. The van der Waals surface area contributed by atoms with E-state index in [2.05, 4.69) is 20.2 Å². The molecular weight excluding hydrogens is 379 g/mol. The zero-order valence-corrected chi connectivity index (χ0v) is 16.6. The fourth-order valence-electron chi connectivity index (χ4n) is 2.52. The first-order chi connectivity index (χ1) is 11.6. The van der Waals surface area contributed by atoms with Crippen molar-refractivity contribution in [3.8, 4) is 0 Å². The molecule has 1 saturated heterocycles. The first-order valence-electron chi connectivity index (χ1n) is 8.38. The van der Waals surface area contributed by atoms with Crippen LogP contribution in [0.4, 0.5) is 5.95 Å². The molecule has 1 unspecified atom stereocenters. The number of halogens is 2. The van der Waals surface area contributed by atoms with Gasteiger partial charge in [-0.1, -0.05) is 0 Å². The highest BCUT2D eigenvalue weighted by molar-refractivity contribution is 5.85. The molecule has 0 saturated carbocycles. The quantitative estimate of drug-likeness (QED) is 0.686. The highest BCUT2D eigenvalue weighted by Crippen LogP contribution is 2.10. The summed E-state index contributed by atoms with van der Waals surface area (Å²) in [6.45, 7) is 4.98. The zero-order chi connectivity index (χ0) is 17.4. The second-order valence-corrected chi connectivity index (χ2v) is 6.03. The summed E-state index contributed by atoms with van der Waals surface area (Å²) in [6.07, 6.45) is 4.82. The predicted octanol–water partition coefficient (Wildman–Crippen LogP) is 0.602. The van der Waals surface area contributed by atoms with Gasteiger partial charge < -0.3 is 20.9 Å². The van der Waals surface area contributed by atoms with E-state index in [-0.39, 0.29) is 42.7 Å². The largest absolute Gasteiger partial charge is 0.356 e. The van der Waals surface area contributed by atoms with Crippen LogP contribution in [-0.4, -0.2) is 65.4 Å². The molecule has 10 heteroatoms. The number of amides is 2. The van der Waals surface area contributed by atoms with Crippen LogP contribution in [0.5, 0.6) is 0 Å². The Morgan fingerprint density at radius 1 is 1.15 bits per heavy atom. The van der Waals surface area contributed by atoms with Crippen molar-refractivity contribution in [1.29, 1.82) is 0 Å². The van der Waals surface area contributed by atoms with Crippen molar-refractivity contribution in [2.24, 2.45) is 5.73 Å². The molecule has 2 amide bonds. The van der Waals surface area contributed by atoms with Gasteiger partial charge in [-0.25, -0.2) is 9.97 Å². The van der Waals surface area contributed by atoms with Crippen molar-refractivity contribution >= 4 is 42.6 Å². The van der Waals surface area contributed by atoms with Crippen LogP contribution in [0.2, 0.25) is 0 Å². The van der Waals surface area contributed by atoms with Gasteiger partial charge >= 0.3 is 0 Å². The molecule has 8 nitrogen and oxygen atoms in total. The summed E-state index contributed by atoms with van der Waals surface area (Å²) < 4.78 is 0. The maximum absolute atomic E-state index is 12.2. The molecular formula is C16H28Cl2N6O2. The smallest absolute Gasteiger partial charge is 0.225 e. The number of piperazine rings is 1. The standard InChI is InChI=1S/C16H26N6O2.2ClH/c1-13(17)3-4-14(23)18-8-5-15(24)21-9-11-22(12-10-21)16-19-6-2-7-20-16;;/h2,6-7,13H,3-5,8-12,17H2,1H3,(H,18,23);2*1H. The van der Waals surface area contributed by atoms with E-state index in [1.165, 1.54) is 0 Å². The Bertz CT molecular complexity index is 539. The summed E-state index contributed by atoms with van der Waals surface area (Å²) in [5.74, 6) is 0.716. The average molecular weight is 407 g/mol. The van der Waals surface area contributed by atoms with Gasteiger partial charge in [-0.15, -0.1) is 24.8 Å². The summed E-state index contributed by atoms with van der Waals surface area (Å²) in [5, 5.41) is 2.77. The Labute approximate surface area is 166 Å². The van der Waals surface area contributed by atoms with Gasteiger partial charge in [0.25, 0.3) is 0 Å². The van der Waals surface area contributed by atoms with Crippen LogP contribution in [0, 0.1) is 0 Å². The van der Waals surface area contributed by atoms with Crippen LogP contribution in [-0.2, 0) is 9.59 Å². The molecule has 2 rings (SSSR count). The Kier molecular flexibility index (Phi) is 11.9. The first kappa shape index (κ1) is 24.4. The molecule has 1 aromatic rings. The predicted molar refractivity (Wildman–Crippen MR) is 106 cm³/mol. The second kappa shape index (κ2) is 12.7. The third-order valence-corrected chi connectivity index (χ3v) is 3.96. The Balaban J connectivity index is 0.00000312. The number of aromatic nitrogens is 2. The van der Waals surface area contributed by atoms with Crippen molar-refractivity contribution < 1.29 is 9.59 Å². The maximum atomic E-state index is 12.2. The average Bonchev–Trinajstić information content (AvgIpc) is 2.61. The lowest BCUT2D eigenvalue weighted by atomic mass is 10.2. The molecule has 1 aliphatic rings. The van der Waals surface area contributed by atoms with Crippen molar-refractivity contribution in [2.75, 3.05) is 37.6 Å². The summed E-state index contributed by atoms with van der Waals surface area (Å²) >= 11 is 0. The number of nitrogens with zero attached hydrogens (tertiary/aromatic N) is 4. The Morgan fingerprint density at radius 3 is 2.35 bits per heavy atom. The van der Waals surface area contributed by atoms with Crippen LogP contribution in [0.1, 0.15) is 26.2 Å². The SMILES string of the molecule is CC(N)CCC(=O)NCCC(=O)N1CCN(c2ncccn2)CC1.Cl.Cl. The zero-order valence-electron chi connectivity index (χ0n) is 15.0. The second-order valence-electron chi connectivity index (χ2n) is 6.03. The summed E-state index contributed by atoms with van der Waals surface area (Å²) in [6, 6.07) is 1.80. The third kappa shape index (κ3) is 8.16. The minimum atomic E-state index is -0.0499. The maximum Gasteiger partial charge on any atom is 0.225 e. The number of hydrogen-bond acceptors (Lipinski definition) is 6. The lowest BCUT2D eigenvalue weighted by molar-refractivity contribution is -0.131. The molecule has 0 spiro atoms. The van der Waals surface area contributed by atoms with E-state index in [0.717, 1.165) is 13.1 Å².